The fraction of sp³-hybridized carbons (Fsp3) is 0.455. The Balaban J connectivity index is 1.54. The number of guanidine groups is 1. The largest absolute Gasteiger partial charge is 0.497 e. The van der Waals surface area contributed by atoms with Crippen LogP contribution in [0.3, 0.4) is 0 Å². The van der Waals surface area contributed by atoms with Crippen LogP contribution in [0, 0.1) is 0 Å². The number of nitrogens with one attached hydrogen (secondary N) is 2. The van der Waals surface area contributed by atoms with Crippen LogP contribution in [0.5, 0.6) is 5.75 Å². The van der Waals surface area contributed by atoms with Crippen molar-refractivity contribution in [2.45, 2.75) is 20.0 Å². The number of rotatable bonds is 7. The maximum Gasteiger partial charge on any atom is 0.191 e. The van der Waals surface area contributed by atoms with E-state index in [-0.39, 0.29) is 0 Å². The van der Waals surface area contributed by atoms with Crippen molar-refractivity contribution < 1.29 is 4.74 Å². The van der Waals surface area contributed by atoms with Crippen molar-refractivity contribution in [2.24, 2.45) is 4.99 Å². The molecule has 0 aliphatic carbocycles. The van der Waals surface area contributed by atoms with E-state index < -0.39 is 0 Å². The summed E-state index contributed by atoms with van der Waals surface area (Å²) < 4.78 is 5.21. The van der Waals surface area contributed by atoms with Gasteiger partial charge in [-0.1, -0.05) is 18.2 Å². The zero-order valence-corrected chi connectivity index (χ0v) is 17.7. The van der Waals surface area contributed by atoms with Gasteiger partial charge in [-0.05, 0) is 43.3 Å². The minimum Gasteiger partial charge on any atom is -0.497 e. The number of pyridine rings is 1. The molecule has 1 saturated heterocycles. The Kier molecular flexibility index (Phi) is 7.69. The first-order valence-electron chi connectivity index (χ1n) is 10.2. The Morgan fingerprint density at radius 3 is 2.38 bits per heavy atom. The molecule has 0 atom stereocenters. The van der Waals surface area contributed by atoms with Crippen molar-refractivity contribution >= 4 is 11.8 Å². The second-order valence-electron chi connectivity index (χ2n) is 7.21. The van der Waals surface area contributed by atoms with Crippen molar-refractivity contribution in [3.05, 3.63) is 53.7 Å². The molecule has 1 aromatic carbocycles. The lowest BCUT2D eigenvalue weighted by molar-refractivity contribution is 0.312. The van der Waals surface area contributed by atoms with Gasteiger partial charge >= 0.3 is 0 Å². The fourth-order valence-electron chi connectivity index (χ4n) is 3.17. The molecule has 7 nitrogen and oxygen atoms in total. The Morgan fingerprint density at radius 1 is 1.03 bits per heavy atom. The lowest BCUT2D eigenvalue weighted by atomic mass is 10.2. The normalized spacial score (nSPS) is 15.3. The van der Waals surface area contributed by atoms with Crippen LogP contribution in [0.15, 0.2) is 47.6 Å². The zero-order chi connectivity index (χ0) is 20.5. The van der Waals surface area contributed by atoms with Crippen molar-refractivity contribution in [1.29, 1.82) is 0 Å². The van der Waals surface area contributed by atoms with E-state index in [0.29, 0.717) is 13.1 Å². The molecule has 29 heavy (non-hydrogen) atoms. The van der Waals surface area contributed by atoms with Crippen LogP contribution in [0.2, 0.25) is 0 Å². The molecule has 0 amide bonds. The second kappa shape index (κ2) is 10.7. The molecular weight excluding hydrogens is 364 g/mol. The lowest BCUT2D eigenvalue weighted by Crippen LogP contribution is -2.44. The van der Waals surface area contributed by atoms with Crippen LogP contribution in [-0.4, -0.2) is 62.7 Å². The zero-order valence-electron chi connectivity index (χ0n) is 17.7. The number of benzene rings is 1. The minimum atomic E-state index is 0.591. The smallest absolute Gasteiger partial charge is 0.191 e. The van der Waals surface area contributed by atoms with Gasteiger partial charge in [-0.2, -0.15) is 0 Å². The molecule has 0 bridgehead atoms. The third-order valence-corrected chi connectivity index (χ3v) is 5.02. The number of aliphatic imine (C=N–C) groups is 1. The number of aromatic nitrogens is 1. The number of hydrogen-bond acceptors (Lipinski definition) is 5. The van der Waals surface area contributed by atoms with Gasteiger partial charge in [0.25, 0.3) is 0 Å². The summed E-state index contributed by atoms with van der Waals surface area (Å²) in [5.41, 5.74) is 2.28. The molecule has 0 unspecified atom stereocenters. The van der Waals surface area contributed by atoms with Crippen LogP contribution >= 0.6 is 0 Å². The summed E-state index contributed by atoms with van der Waals surface area (Å²) in [6.07, 6.45) is 1.93. The average Bonchev–Trinajstić information content (AvgIpc) is 2.77. The summed E-state index contributed by atoms with van der Waals surface area (Å²) in [7, 11) is 3.84. The van der Waals surface area contributed by atoms with E-state index in [1.165, 1.54) is 5.56 Å². The monoisotopic (exact) mass is 396 g/mol. The molecule has 3 rings (SSSR count). The number of likely N-dealkylation sites (N-methyl/N-ethyl adjacent to an activating group) is 1. The Bertz CT molecular complexity index is 767. The molecule has 2 heterocycles. The molecule has 1 aromatic heterocycles. The van der Waals surface area contributed by atoms with E-state index in [1.54, 1.807) is 7.11 Å². The van der Waals surface area contributed by atoms with Gasteiger partial charge < -0.3 is 25.2 Å². The van der Waals surface area contributed by atoms with Crippen LogP contribution < -0.4 is 20.3 Å². The van der Waals surface area contributed by atoms with Gasteiger partial charge in [-0.3, -0.25) is 0 Å². The molecule has 1 fully saturated rings. The average molecular weight is 397 g/mol. The molecule has 0 radical (unpaired) electrons. The summed E-state index contributed by atoms with van der Waals surface area (Å²) in [6.45, 7) is 8.40. The molecule has 2 N–H and O–H groups in total. The number of ether oxygens (including phenoxy) is 1. The summed E-state index contributed by atoms with van der Waals surface area (Å²) in [5, 5.41) is 6.67. The van der Waals surface area contributed by atoms with Crippen LogP contribution in [0.1, 0.15) is 18.1 Å². The van der Waals surface area contributed by atoms with Gasteiger partial charge in [0.2, 0.25) is 0 Å². The topological polar surface area (TPSA) is 65.0 Å². The van der Waals surface area contributed by atoms with Gasteiger partial charge in [-0.15, -0.1) is 0 Å². The highest BCUT2D eigenvalue weighted by Gasteiger charge is 2.14. The van der Waals surface area contributed by atoms with E-state index in [1.807, 2.05) is 18.3 Å². The first-order chi connectivity index (χ1) is 14.2. The molecule has 0 saturated carbocycles. The third-order valence-electron chi connectivity index (χ3n) is 5.02. The van der Waals surface area contributed by atoms with Gasteiger partial charge in [-0.25, -0.2) is 9.98 Å². The second-order valence-corrected chi connectivity index (χ2v) is 7.21. The third kappa shape index (κ3) is 6.35. The first-order valence-corrected chi connectivity index (χ1v) is 10.2. The molecule has 156 valence electrons. The summed E-state index contributed by atoms with van der Waals surface area (Å²) in [5.74, 6) is 2.71. The highest BCUT2D eigenvalue weighted by molar-refractivity contribution is 5.79. The van der Waals surface area contributed by atoms with E-state index in [9.17, 15) is 0 Å². The Morgan fingerprint density at radius 2 is 1.76 bits per heavy atom. The molecule has 2 aromatic rings. The van der Waals surface area contributed by atoms with Crippen molar-refractivity contribution in [2.75, 3.05) is 51.8 Å². The highest BCUT2D eigenvalue weighted by Crippen LogP contribution is 2.14. The van der Waals surface area contributed by atoms with E-state index in [0.717, 1.165) is 55.8 Å². The highest BCUT2D eigenvalue weighted by atomic mass is 16.5. The molecule has 0 spiro atoms. The van der Waals surface area contributed by atoms with Crippen LogP contribution in [0.4, 0.5) is 5.82 Å². The quantitative estimate of drug-likeness (QED) is 0.552. The maximum atomic E-state index is 5.21. The summed E-state index contributed by atoms with van der Waals surface area (Å²) in [4.78, 5) is 14.0. The summed E-state index contributed by atoms with van der Waals surface area (Å²) >= 11 is 0. The predicted octanol–water partition coefficient (Wildman–Crippen LogP) is 2.10. The summed E-state index contributed by atoms with van der Waals surface area (Å²) in [6, 6.07) is 12.3. The maximum absolute atomic E-state index is 5.21. The molecule has 7 heteroatoms. The van der Waals surface area contributed by atoms with Gasteiger partial charge in [0.1, 0.15) is 11.6 Å². The number of hydrogen-bond donors (Lipinski definition) is 2. The molecule has 1 aliphatic heterocycles. The SMILES string of the molecule is CCNC(=NCc1ccc(N2CCN(C)CC2)nc1)NCc1ccc(OC)cc1. The van der Waals surface area contributed by atoms with Gasteiger partial charge in [0, 0.05) is 45.5 Å². The van der Waals surface area contributed by atoms with E-state index >= 15 is 0 Å². The number of anilines is 1. The minimum absolute atomic E-state index is 0.591. The molecule has 1 aliphatic rings. The predicted molar refractivity (Wildman–Crippen MR) is 119 cm³/mol. The number of nitrogens with zero attached hydrogens (tertiary/aromatic N) is 4. The van der Waals surface area contributed by atoms with Crippen LogP contribution in [-0.2, 0) is 13.1 Å². The van der Waals surface area contributed by atoms with E-state index in [2.05, 4.69) is 63.7 Å². The molecular formula is C22H32N6O. The van der Waals surface area contributed by atoms with Crippen LogP contribution in [0.25, 0.3) is 0 Å². The van der Waals surface area contributed by atoms with Gasteiger partial charge in [0.05, 0.1) is 13.7 Å². The Labute approximate surface area is 173 Å². The number of methoxy groups -OCH3 is 1. The standard InChI is InChI=1S/C22H32N6O/c1-4-23-22(25-15-18-5-8-20(29-3)9-6-18)26-17-19-7-10-21(24-16-19)28-13-11-27(2)12-14-28/h5-10,16H,4,11-15,17H2,1-3H3,(H2,23,25,26). The first kappa shape index (κ1) is 20.9. The van der Waals surface area contributed by atoms with E-state index in [4.69, 9.17) is 9.73 Å². The van der Waals surface area contributed by atoms with Crippen molar-refractivity contribution in [1.82, 2.24) is 20.5 Å². The lowest BCUT2D eigenvalue weighted by Gasteiger charge is -2.33. The van der Waals surface area contributed by atoms with Crippen molar-refractivity contribution in [3.8, 4) is 5.75 Å². The fourth-order valence-corrected chi connectivity index (χ4v) is 3.17. The number of piperazine rings is 1. The Hall–Kier alpha value is -2.80. The van der Waals surface area contributed by atoms with Gasteiger partial charge in [0.15, 0.2) is 5.96 Å². The van der Waals surface area contributed by atoms with Crippen molar-refractivity contribution in [3.63, 3.8) is 0 Å².